The van der Waals surface area contributed by atoms with Crippen LogP contribution in [-0.4, -0.2) is 21.8 Å². The minimum absolute atomic E-state index is 0.0318. The van der Waals surface area contributed by atoms with Crippen LogP contribution in [0.25, 0.3) is 10.8 Å². The summed E-state index contributed by atoms with van der Waals surface area (Å²) in [7, 11) is 0. The van der Waals surface area contributed by atoms with Crippen molar-refractivity contribution in [2.24, 2.45) is 0 Å². The molecule has 3 aromatic rings. The Kier molecular flexibility index (Phi) is 5.27. The quantitative estimate of drug-likeness (QED) is 0.653. The Morgan fingerprint density at radius 3 is 2.55 bits per heavy atom. The van der Waals surface area contributed by atoms with E-state index in [9.17, 15) is 14.7 Å². The topological polar surface area (TPSA) is 92.4 Å². The van der Waals surface area contributed by atoms with Gasteiger partial charge in [-0.15, -0.1) is 6.42 Å². The average Bonchev–Trinajstić information content (AvgIpc) is 2.71. The van der Waals surface area contributed by atoms with Crippen LogP contribution >= 0.6 is 0 Å². The van der Waals surface area contributed by atoms with Crippen LogP contribution in [0.2, 0.25) is 0 Å². The molecule has 0 aliphatic rings. The van der Waals surface area contributed by atoms with Crippen molar-refractivity contribution >= 4 is 22.4 Å². The SMILES string of the molecule is C#CC(O)(CC(C)(C)c1ccccc1)C(=O)Nc1ccc2c(=O)onc(C)c2c1. The number of benzene rings is 2. The van der Waals surface area contributed by atoms with E-state index in [2.05, 4.69) is 16.4 Å². The summed E-state index contributed by atoms with van der Waals surface area (Å²) in [6.07, 6.45) is 5.59. The van der Waals surface area contributed by atoms with Crippen molar-refractivity contribution in [3.63, 3.8) is 0 Å². The summed E-state index contributed by atoms with van der Waals surface area (Å²) >= 11 is 0. The first-order valence-corrected chi connectivity index (χ1v) is 9.14. The van der Waals surface area contributed by atoms with Crippen molar-refractivity contribution in [3.8, 4) is 12.3 Å². The van der Waals surface area contributed by atoms with Crippen LogP contribution in [0.15, 0.2) is 57.8 Å². The second-order valence-corrected chi connectivity index (χ2v) is 7.70. The van der Waals surface area contributed by atoms with Crippen molar-refractivity contribution in [1.29, 1.82) is 0 Å². The number of hydrogen-bond acceptors (Lipinski definition) is 5. The predicted octanol–water partition coefficient (Wildman–Crippen LogP) is 3.17. The number of aliphatic hydroxyl groups is 1. The first-order valence-electron chi connectivity index (χ1n) is 9.14. The molecule has 1 aromatic heterocycles. The number of aryl methyl sites for hydroxylation is 1. The summed E-state index contributed by atoms with van der Waals surface area (Å²) in [4.78, 5) is 24.6. The second kappa shape index (κ2) is 7.53. The molecule has 0 bridgehead atoms. The number of carbonyl (C=O) groups is 1. The van der Waals surface area contributed by atoms with E-state index in [1.807, 2.05) is 44.2 Å². The van der Waals surface area contributed by atoms with Gasteiger partial charge in [-0.25, -0.2) is 4.79 Å². The van der Waals surface area contributed by atoms with Crippen molar-refractivity contribution in [2.45, 2.75) is 38.2 Å². The molecule has 3 rings (SSSR count). The van der Waals surface area contributed by atoms with Gasteiger partial charge in [-0.3, -0.25) is 4.79 Å². The number of amides is 1. The largest absolute Gasteiger partial charge is 0.369 e. The molecule has 29 heavy (non-hydrogen) atoms. The zero-order valence-corrected chi connectivity index (χ0v) is 16.5. The smallest absolute Gasteiger partial charge is 0.366 e. The van der Waals surface area contributed by atoms with E-state index in [4.69, 9.17) is 10.9 Å². The summed E-state index contributed by atoms with van der Waals surface area (Å²) in [6, 6.07) is 14.2. The third-order valence-corrected chi connectivity index (χ3v) is 5.02. The molecule has 0 aliphatic carbocycles. The van der Waals surface area contributed by atoms with Gasteiger partial charge in [0.05, 0.1) is 11.1 Å². The maximum atomic E-state index is 12.9. The minimum Gasteiger partial charge on any atom is -0.369 e. The molecule has 0 saturated heterocycles. The molecule has 0 radical (unpaired) electrons. The summed E-state index contributed by atoms with van der Waals surface area (Å²) in [6.45, 7) is 5.53. The number of hydrogen-bond donors (Lipinski definition) is 2. The number of nitrogens with zero attached hydrogens (tertiary/aromatic N) is 1. The predicted molar refractivity (Wildman–Crippen MR) is 112 cm³/mol. The monoisotopic (exact) mass is 390 g/mol. The van der Waals surface area contributed by atoms with Crippen molar-refractivity contribution in [2.75, 3.05) is 5.32 Å². The highest BCUT2D eigenvalue weighted by Gasteiger charge is 2.40. The lowest BCUT2D eigenvalue weighted by molar-refractivity contribution is -0.130. The van der Waals surface area contributed by atoms with Gasteiger partial charge in [-0.05, 0) is 36.1 Å². The Bertz CT molecular complexity index is 1160. The Balaban J connectivity index is 1.88. The molecule has 6 heteroatoms. The van der Waals surface area contributed by atoms with Gasteiger partial charge in [0.2, 0.25) is 5.60 Å². The van der Waals surface area contributed by atoms with E-state index in [0.29, 0.717) is 22.2 Å². The number of nitrogens with one attached hydrogen (secondary N) is 1. The molecule has 2 N–H and O–H groups in total. The highest BCUT2D eigenvalue weighted by atomic mass is 16.5. The maximum absolute atomic E-state index is 12.9. The van der Waals surface area contributed by atoms with Crippen LogP contribution in [-0.2, 0) is 10.2 Å². The zero-order chi connectivity index (χ0) is 21.2. The molecule has 148 valence electrons. The average molecular weight is 390 g/mol. The lowest BCUT2D eigenvalue weighted by atomic mass is 9.75. The van der Waals surface area contributed by atoms with Crippen LogP contribution in [0.3, 0.4) is 0 Å². The first-order chi connectivity index (χ1) is 13.7. The van der Waals surface area contributed by atoms with Gasteiger partial charge in [-0.2, -0.15) is 0 Å². The Labute approximate surface area is 168 Å². The molecule has 1 unspecified atom stereocenters. The standard InChI is InChI=1S/C23H22N2O4/c1-5-23(28,14-22(3,4)16-9-7-6-8-10-16)21(27)24-17-11-12-18-19(13-17)15(2)25-29-20(18)26/h1,6-13,28H,14H2,2-4H3,(H,24,27). The fourth-order valence-electron chi connectivity index (χ4n) is 3.37. The third-order valence-electron chi connectivity index (χ3n) is 5.02. The molecule has 6 nitrogen and oxygen atoms in total. The van der Waals surface area contributed by atoms with Gasteiger partial charge in [-0.1, -0.05) is 55.3 Å². The number of aromatic nitrogens is 1. The van der Waals surface area contributed by atoms with Crippen LogP contribution in [0.1, 0.15) is 31.5 Å². The molecule has 2 aromatic carbocycles. The van der Waals surface area contributed by atoms with Gasteiger partial charge in [0.25, 0.3) is 5.91 Å². The minimum atomic E-state index is -2.02. The van der Waals surface area contributed by atoms with E-state index in [0.717, 1.165) is 5.56 Å². The fraction of sp³-hybridized carbons (Fsp3) is 0.261. The number of anilines is 1. The first kappa shape index (κ1) is 20.3. The van der Waals surface area contributed by atoms with Gasteiger partial charge in [0, 0.05) is 17.5 Å². The summed E-state index contributed by atoms with van der Waals surface area (Å²) in [5, 5.41) is 18.2. The lowest BCUT2D eigenvalue weighted by Crippen LogP contribution is -2.46. The Morgan fingerprint density at radius 1 is 1.21 bits per heavy atom. The van der Waals surface area contributed by atoms with Crippen molar-refractivity contribution < 1.29 is 14.4 Å². The maximum Gasteiger partial charge on any atom is 0.366 e. The summed E-state index contributed by atoms with van der Waals surface area (Å²) in [5.41, 5.74) is -1.26. The van der Waals surface area contributed by atoms with Gasteiger partial charge >= 0.3 is 5.63 Å². The molecular weight excluding hydrogens is 368 g/mol. The second-order valence-electron chi connectivity index (χ2n) is 7.70. The van der Waals surface area contributed by atoms with E-state index in [1.165, 1.54) is 6.07 Å². The van der Waals surface area contributed by atoms with Crippen molar-refractivity contribution in [3.05, 3.63) is 70.2 Å². The molecule has 1 atom stereocenters. The Hall–Kier alpha value is -3.43. The molecular formula is C23H22N2O4. The van der Waals surface area contributed by atoms with Crippen LogP contribution in [0, 0.1) is 19.3 Å². The van der Waals surface area contributed by atoms with Crippen LogP contribution < -0.4 is 10.9 Å². The molecule has 0 saturated carbocycles. The molecule has 0 aliphatic heterocycles. The summed E-state index contributed by atoms with van der Waals surface area (Å²) in [5.74, 6) is 1.54. The van der Waals surface area contributed by atoms with E-state index in [-0.39, 0.29) is 6.42 Å². The normalized spacial score (nSPS) is 13.5. The van der Waals surface area contributed by atoms with Crippen LogP contribution in [0.5, 0.6) is 0 Å². The highest BCUT2D eigenvalue weighted by molar-refractivity contribution is 6.01. The van der Waals surface area contributed by atoms with Gasteiger partial charge in [0.1, 0.15) is 0 Å². The van der Waals surface area contributed by atoms with Crippen LogP contribution in [0.4, 0.5) is 5.69 Å². The number of carbonyl (C=O) groups excluding carboxylic acids is 1. The molecule has 0 fully saturated rings. The Morgan fingerprint density at radius 2 is 1.90 bits per heavy atom. The van der Waals surface area contributed by atoms with E-state index >= 15 is 0 Å². The number of terminal acetylenes is 1. The van der Waals surface area contributed by atoms with Gasteiger partial charge in [0.15, 0.2) is 0 Å². The molecule has 0 spiro atoms. The molecule has 1 heterocycles. The summed E-state index contributed by atoms with van der Waals surface area (Å²) < 4.78 is 4.70. The van der Waals surface area contributed by atoms with Crippen molar-refractivity contribution in [1.82, 2.24) is 5.16 Å². The van der Waals surface area contributed by atoms with E-state index in [1.54, 1.807) is 19.1 Å². The third kappa shape index (κ3) is 4.05. The lowest BCUT2D eigenvalue weighted by Gasteiger charge is -2.32. The van der Waals surface area contributed by atoms with E-state index < -0.39 is 22.5 Å². The highest BCUT2D eigenvalue weighted by Crippen LogP contribution is 2.33. The zero-order valence-electron chi connectivity index (χ0n) is 16.5. The number of rotatable bonds is 5. The van der Waals surface area contributed by atoms with Gasteiger partial charge < -0.3 is 14.9 Å². The fourth-order valence-corrected chi connectivity index (χ4v) is 3.37. The molecule has 1 amide bonds. The number of fused-ring (bicyclic) bond motifs is 1.